The predicted molar refractivity (Wildman–Crippen MR) is 188 cm³/mol. The van der Waals surface area contributed by atoms with Gasteiger partial charge in [-0.05, 0) is 79.4 Å². The van der Waals surface area contributed by atoms with Gasteiger partial charge in [0, 0.05) is 24.3 Å². The van der Waals surface area contributed by atoms with E-state index in [2.05, 4.69) is 0 Å². The number of carbonyl (C=O) groups excluding carboxylic acids is 2. The molecule has 0 saturated carbocycles. The van der Waals surface area contributed by atoms with Crippen molar-refractivity contribution in [3.8, 4) is 11.5 Å². The highest BCUT2D eigenvalue weighted by Gasteiger charge is 2.51. The Morgan fingerprint density at radius 3 is 2.33 bits per heavy atom. The van der Waals surface area contributed by atoms with Crippen molar-refractivity contribution in [1.29, 1.82) is 0 Å². The second kappa shape index (κ2) is 14.4. The summed E-state index contributed by atoms with van der Waals surface area (Å²) in [5.41, 5.74) is 3.54. The predicted octanol–water partition coefficient (Wildman–Crippen LogP) is 8.06. The Morgan fingerprint density at radius 1 is 0.896 bits per heavy atom. The number of aliphatic hydroxyl groups excluding tert-OH is 1. The van der Waals surface area contributed by atoms with Crippen LogP contribution >= 0.6 is 0 Å². The maximum absolute atomic E-state index is 15.9. The van der Waals surface area contributed by atoms with Crippen molar-refractivity contribution in [3.05, 3.63) is 120 Å². The summed E-state index contributed by atoms with van der Waals surface area (Å²) in [6.45, 7) is 5.89. The lowest BCUT2D eigenvalue weighted by molar-refractivity contribution is -0.135. The standard InChI is InChI=1S/C39H43FN2O5Si/c1-27-33(46-36(38(27)48(2,3)40)25-37(44)41(22-23-43)26-29-12-5-4-6-13-29)21-20-28-14-11-15-30(24-28)42-32-17-8-10-19-35(32)47-34-18-9-7-16-31(34)39(42)45/h4-19,24,27,33,36,38,43H,20-23,25-26H2,1-3H3/t27-,33+,36-,38+/m0/s1. The molecule has 2 aliphatic rings. The minimum Gasteiger partial charge on any atom is -0.454 e. The molecule has 0 aromatic heterocycles. The molecule has 1 N–H and O–H groups in total. The summed E-state index contributed by atoms with van der Waals surface area (Å²) in [5, 5.41) is 9.68. The number of aryl methyl sites for hydroxylation is 1. The quantitative estimate of drug-likeness (QED) is 0.129. The number of rotatable bonds is 11. The Bertz CT molecular complexity index is 1750. The summed E-state index contributed by atoms with van der Waals surface area (Å²) in [4.78, 5) is 30.8. The fraction of sp³-hybridized carbons (Fsp3) is 0.333. The molecule has 2 amide bonds. The van der Waals surface area contributed by atoms with Crippen LogP contribution in [0.5, 0.6) is 11.5 Å². The molecule has 0 bridgehead atoms. The smallest absolute Gasteiger partial charge is 0.266 e. The molecule has 9 heteroatoms. The van der Waals surface area contributed by atoms with E-state index in [9.17, 15) is 14.7 Å². The highest BCUT2D eigenvalue weighted by Crippen LogP contribution is 2.47. The summed E-state index contributed by atoms with van der Waals surface area (Å²) in [5.74, 6) is 0.733. The lowest BCUT2D eigenvalue weighted by atomic mass is 9.95. The van der Waals surface area contributed by atoms with Crippen molar-refractivity contribution in [2.45, 2.75) is 63.6 Å². The van der Waals surface area contributed by atoms with Crippen LogP contribution in [0, 0.1) is 5.92 Å². The molecule has 0 radical (unpaired) electrons. The highest BCUT2D eigenvalue weighted by molar-refractivity contribution is 6.72. The lowest BCUT2D eigenvalue weighted by Crippen LogP contribution is -2.40. The van der Waals surface area contributed by atoms with Gasteiger partial charge in [0.2, 0.25) is 14.3 Å². The van der Waals surface area contributed by atoms with Crippen LogP contribution in [-0.2, 0) is 22.5 Å². The van der Waals surface area contributed by atoms with E-state index >= 15 is 4.11 Å². The minimum absolute atomic E-state index is 0.0641. The van der Waals surface area contributed by atoms with Crippen molar-refractivity contribution < 1.29 is 28.3 Å². The van der Waals surface area contributed by atoms with Crippen LogP contribution in [-0.4, -0.2) is 55.6 Å². The second-order valence-corrected chi connectivity index (χ2v) is 17.1. The SMILES string of the molecule is C[C@@H]1[C@@H]([Si](C)(C)F)[C@H](CC(=O)N(CCO)Cc2ccccc2)O[C@@H]1CCc1cccc(N2C(=O)c3ccccc3Oc3ccccc32)c1. The van der Waals surface area contributed by atoms with Gasteiger partial charge in [-0.3, -0.25) is 14.5 Å². The van der Waals surface area contributed by atoms with Crippen LogP contribution in [0.3, 0.4) is 0 Å². The number of amides is 2. The van der Waals surface area contributed by atoms with Crippen molar-refractivity contribution in [2.24, 2.45) is 5.92 Å². The van der Waals surface area contributed by atoms with Gasteiger partial charge in [0.1, 0.15) is 5.75 Å². The van der Waals surface area contributed by atoms with E-state index in [4.69, 9.17) is 9.47 Å². The summed E-state index contributed by atoms with van der Waals surface area (Å²) in [7, 11) is -3.20. The average molecular weight is 667 g/mol. The molecule has 0 spiro atoms. The molecular formula is C39H43FN2O5Si. The van der Waals surface area contributed by atoms with Crippen LogP contribution in [0.15, 0.2) is 103 Å². The van der Waals surface area contributed by atoms with Gasteiger partial charge in [-0.15, -0.1) is 0 Å². The minimum atomic E-state index is -3.20. The van der Waals surface area contributed by atoms with Gasteiger partial charge in [-0.25, -0.2) is 0 Å². The van der Waals surface area contributed by atoms with E-state index < -0.39 is 14.5 Å². The van der Waals surface area contributed by atoms with Gasteiger partial charge in [0.05, 0.1) is 36.5 Å². The lowest BCUT2D eigenvalue weighted by Gasteiger charge is -2.30. The molecule has 0 aliphatic carbocycles. The van der Waals surface area contributed by atoms with E-state index in [0.29, 0.717) is 42.1 Å². The monoisotopic (exact) mass is 666 g/mol. The third-order valence-corrected chi connectivity index (χ3v) is 12.0. The fourth-order valence-corrected chi connectivity index (χ4v) is 9.86. The zero-order valence-corrected chi connectivity index (χ0v) is 28.7. The Kier molecular flexibility index (Phi) is 10.1. The number of ether oxygens (including phenoxy) is 2. The number of hydrogen-bond donors (Lipinski definition) is 1. The van der Waals surface area contributed by atoms with Crippen molar-refractivity contribution in [2.75, 3.05) is 18.1 Å². The maximum Gasteiger partial charge on any atom is 0.266 e. The van der Waals surface area contributed by atoms with Crippen LogP contribution in [0.2, 0.25) is 18.6 Å². The molecule has 4 atom stereocenters. The molecule has 4 aromatic rings. The van der Waals surface area contributed by atoms with Crippen LogP contribution in [0.4, 0.5) is 15.5 Å². The first-order valence-corrected chi connectivity index (χ1v) is 19.7. The highest BCUT2D eigenvalue weighted by atomic mass is 28.4. The van der Waals surface area contributed by atoms with E-state index in [1.807, 2.05) is 97.9 Å². The number of aliphatic hydroxyl groups is 1. The Morgan fingerprint density at radius 2 is 1.58 bits per heavy atom. The number of para-hydroxylation sites is 3. The molecule has 2 heterocycles. The van der Waals surface area contributed by atoms with Crippen molar-refractivity contribution in [3.63, 3.8) is 0 Å². The Labute approximate surface area is 283 Å². The molecule has 6 rings (SSSR count). The largest absolute Gasteiger partial charge is 0.454 e. The maximum atomic E-state index is 15.9. The second-order valence-electron chi connectivity index (χ2n) is 13.3. The molecule has 1 saturated heterocycles. The molecule has 7 nitrogen and oxygen atoms in total. The van der Waals surface area contributed by atoms with Crippen LogP contribution < -0.4 is 9.64 Å². The normalized spacial score (nSPS) is 20.4. The van der Waals surface area contributed by atoms with E-state index in [0.717, 1.165) is 16.8 Å². The molecule has 2 aliphatic heterocycles. The first-order valence-electron chi connectivity index (χ1n) is 16.7. The van der Waals surface area contributed by atoms with Gasteiger partial charge >= 0.3 is 0 Å². The van der Waals surface area contributed by atoms with E-state index in [1.165, 1.54) is 0 Å². The van der Waals surface area contributed by atoms with E-state index in [-0.39, 0.29) is 48.9 Å². The zero-order chi connectivity index (χ0) is 33.8. The van der Waals surface area contributed by atoms with E-state index in [1.54, 1.807) is 35.0 Å². The molecule has 250 valence electrons. The number of halogens is 1. The van der Waals surface area contributed by atoms with Crippen molar-refractivity contribution >= 4 is 31.6 Å². The molecule has 4 aromatic carbocycles. The number of carbonyl (C=O) groups is 2. The first kappa shape index (κ1) is 33.6. The Balaban J connectivity index is 1.19. The summed E-state index contributed by atoms with van der Waals surface area (Å²) < 4.78 is 28.6. The van der Waals surface area contributed by atoms with Gasteiger partial charge in [-0.1, -0.05) is 73.7 Å². The first-order chi connectivity index (χ1) is 23.1. The fourth-order valence-electron chi connectivity index (χ4n) is 7.32. The summed E-state index contributed by atoms with van der Waals surface area (Å²) in [6, 6.07) is 32.4. The number of anilines is 2. The van der Waals surface area contributed by atoms with Gasteiger partial charge in [-0.2, -0.15) is 0 Å². The van der Waals surface area contributed by atoms with Crippen molar-refractivity contribution in [1.82, 2.24) is 4.90 Å². The number of hydrogen-bond acceptors (Lipinski definition) is 5. The number of fused-ring (bicyclic) bond motifs is 2. The van der Waals surface area contributed by atoms with Crippen LogP contribution in [0.25, 0.3) is 0 Å². The molecule has 48 heavy (non-hydrogen) atoms. The topological polar surface area (TPSA) is 79.3 Å². The third kappa shape index (κ3) is 7.23. The average Bonchev–Trinajstić information content (AvgIpc) is 3.33. The molecule has 0 unspecified atom stereocenters. The molecule has 1 fully saturated rings. The van der Waals surface area contributed by atoms with Crippen LogP contribution in [0.1, 0.15) is 41.3 Å². The summed E-state index contributed by atoms with van der Waals surface area (Å²) >= 11 is 0. The zero-order valence-electron chi connectivity index (χ0n) is 27.7. The summed E-state index contributed by atoms with van der Waals surface area (Å²) in [6.07, 6.45) is 0.635. The van der Waals surface area contributed by atoms with Gasteiger partial charge in [0.25, 0.3) is 5.91 Å². The number of nitrogens with zero attached hydrogens (tertiary/aromatic N) is 2. The third-order valence-electron chi connectivity index (χ3n) is 9.54. The van der Waals surface area contributed by atoms with Gasteiger partial charge < -0.3 is 23.6 Å². The van der Waals surface area contributed by atoms with Gasteiger partial charge in [0.15, 0.2) is 5.75 Å². The molecular weight excluding hydrogens is 624 g/mol. The number of benzene rings is 4. The Hall–Kier alpha value is -4.31.